The normalized spacial score (nSPS) is 23.3. The van der Waals surface area contributed by atoms with Crippen LogP contribution in [0, 0.1) is 23.7 Å². The minimum Gasteiger partial charge on any atom is -0.0622 e. The number of hydrogen-bond acceptors (Lipinski definition) is 0. The lowest BCUT2D eigenvalue weighted by Crippen LogP contribution is -2.27. The van der Waals surface area contributed by atoms with E-state index in [-0.39, 0.29) is 15.8 Å². The predicted molar refractivity (Wildman–Crippen MR) is 156 cm³/mol. The molecule has 176 valence electrons. The highest BCUT2D eigenvalue weighted by molar-refractivity contribution is 7.73. The Kier molecular flexibility index (Phi) is 7.13. The molecule has 2 bridgehead atoms. The zero-order chi connectivity index (χ0) is 23.5. The van der Waals surface area contributed by atoms with Gasteiger partial charge in [0, 0.05) is 0 Å². The first-order valence-corrected chi connectivity index (χ1v) is 16.2. The quantitative estimate of drug-likeness (QED) is 0.234. The third-order valence-electron chi connectivity index (χ3n) is 8.26. The third kappa shape index (κ3) is 5.16. The van der Waals surface area contributed by atoms with Crippen LogP contribution in [0.5, 0.6) is 0 Å². The maximum Gasteiger partial charge on any atom is -0.0195 e. The van der Waals surface area contributed by atoms with Gasteiger partial charge in [-0.3, -0.25) is 0 Å². The van der Waals surface area contributed by atoms with Crippen LogP contribution >= 0.6 is 15.8 Å². The Hall–Kier alpha value is -2.26. The van der Waals surface area contributed by atoms with Crippen molar-refractivity contribution in [2.75, 3.05) is 12.3 Å². The average Bonchev–Trinajstić information content (AvgIpc) is 3.52. The summed E-state index contributed by atoms with van der Waals surface area (Å²) < 4.78 is 0. The summed E-state index contributed by atoms with van der Waals surface area (Å²) in [5.41, 5.74) is 0. The van der Waals surface area contributed by atoms with E-state index in [4.69, 9.17) is 0 Å². The maximum atomic E-state index is 2.36. The van der Waals surface area contributed by atoms with Crippen molar-refractivity contribution in [2.45, 2.75) is 19.3 Å². The van der Waals surface area contributed by atoms with Crippen molar-refractivity contribution in [3.8, 4) is 0 Å². The van der Waals surface area contributed by atoms with Crippen LogP contribution in [0.4, 0.5) is 0 Å². The molecular formula is C33H34P2. The van der Waals surface area contributed by atoms with Crippen LogP contribution in [0.25, 0.3) is 0 Å². The second-order valence-electron chi connectivity index (χ2n) is 10.3. The van der Waals surface area contributed by atoms with Crippen molar-refractivity contribution < 1.29 is 0 Å². The molecule has 0 spiro atoms. The van der Waals surface area contributed by atoms with Gasteiger partial charge in [-0.25, -0.2) is 0 Å². The van der Waals surface area contributed by atoms with Gasteiger partial charge in [-0.2, -0.15) is 0 Å². The summed E-state index contributed by atoms with van der Waals surface area (Å²) in [5, 5.41) is 6.18. The van der Waals surface area contributed by atoms with E-state index in [9.17, 15) is 0 Å². The Balaban J connectivity index is 1.18. The molecule has 2 fully saturated rings. The zero-order valence-electron chi connectivity index (χ0n) is 20.3. The minimum absolute atomic E-state index is 0.273. The summed E-state index contributed by atoms with van der Waals surface area (Å²) in [6.07, 6.45) is 7.09. The van der Waals surface area contributed by atoms with Crippen molar-refractivity contribution in [2.24, 2.45) is 23.7 Å². The molecule has 0 nitrogen and oxygen atoms in total. The number of benzene rings is 4. The van der Waals surface area contributed by atoms with Crippen LogP contribution < -0.4 is 21.2 Å². The predicted octanol–water partition coefficient (Wildman–Crippen LogP) is 6.91. The minimum atomic E-state index is -0.273. The molecule has 0 N–H and O–H groups in total. The fraction of sp³-hybridized carbons (Fsp3) is 0.273. The summed E-state index contributed by atoms with van der Waals surface area (Å²) in [6.45, 7) is 0. The molecule has 2 saturated carbocycles. The molecule has 0 saturated heterocycles. The molecule has 4 aromatic rings. The van der Waals surface area contributed by atoms with Gasteiger partial charge in [-0.15, -0.1) is 0 Å². The topological polar surface area (TPSA) is 0 Å². The average molecular weight is 493 g/mol. The Morgan fingerprint density at radius 2 is 0.686 bits per heavy atom. The fourth-order valence-corrected chi connectivity index (χ4v) is 12.0. The Morgan fingerprint density at radius 1 is 0.400 bits per heavy atom. The number of fused-ring (bicyclic) bond motifs is 2. The van der Waals surface area contributed by atoms with Gasteiger partial charge in [-0.1, -0.05) is 121 Å². The van der Waals surface area contributed by atoms with Gasteiger partial charge < -0.3 is 0 Å². The summed E-state index contributed by atoms with van der Waals surface area (Å²) in [7, 11) is -0.546. The Bertz CT molecular complexity index is 1020. The molecule has 0 aliphatic heterocycles. The van der Waals surface area contributed by atoms with Crippen LogP contribution in [0.3, 0.4) is 0 Å². The molecule has 35 heavy (non-hydrogen) atoms. The molecule has 2 unspecified atom stereocenters. The van der Waals surface area contributed by atoms with Gasteiger partial charge in [0.05, 0.1) is 0 Å². The van der Waals surface area contributed by atoms with Gasteiger partial charge in [-0.05, 0) is 92.3 Å². The first-order valence-electron chi connectivity index (χ1n) is 13.1. The van der Waals surface area contributed by atoms with Crippen LogP contribution in [-0.4, -0.2) is 12.3 Å². The maximum absolute atomic E-state index is 2.36. The molecule has 2 heteroatoms. The fourth-order valence-electron chi connectivity index (χ4n) is 6.58. The molecule has 4 aromatic carbocycles. The van der Waals surface area contributed by atoms with E-state index in [0.29, 0.717) is 0 Å². The van der Waals surface area contributed by atoms with E-state index in [2.05, 4.69) is 121 Å². The Labute approximate surface area is 213 Å². The van der Waals surface area contributed by atoms with Crippen LogP contribution in [0.1, 0.15) is 19.3 Å². The second-order valence-corrected chi connectivity index (χ2v) is 14.8. The molecule has 0 amide bonds. The molecule has 0 aromatic heterocycles. The molecule has 2 aliphatic rings. The molecule has 4 atom stereocenters. The van der Waals surface area contributed by atoms with Crippen LogP contribution in [0.2, 0.25) is 0 Å². The lowest BCUT2D eigenvalue weighted by Gasteiger charge is -2.33. The Morgan fingerprint density at radius 3 is 0.943 bits per heavy atom. The number of rotatable bonds is 8. The van der Waals surface area contributed by atoms with E-state index >= 15 is 0 Å². The lowest BCUT2D eigenvalue weighted by atomic mass is 9.84. The highest BCUT2D eigenvalue weighted by Crippen LogP contribution is 2.57. The van der Waals surface area contributed by atoms with Crippen molar-refractivity contribution in [1.29, 1.82) is 0 Å². The molecule has 0 heterocycles. The largest absolute Gasteiger partial charge is 0.0622 e. The van der Waals surface area contributed by atoms with E-state index < -0.39 is 0 Å². The first-order chi connectivity index (χ1) is 17.3. The zero-order valence-corrected chi connectivity index (χ0v) is 22.1. The van der Waals surface area contributed by atoms with Crippen LogP contribution in [-0.2, 0) is 0 Å². The van der Waals surface area contributed by atoms with E-state index in [1.807, 2.05) is 0 Å². The van der Waals surface area contributed by atoms with Crippen molar-refractivity contribution in [3.05, 3.63) is 121 Å². The second kappa shape index (κ2) is 10.8. The van der Waals surface area contributed by atoms with Gasteiger partial charge >= 0.3 is 0 Å². The summed E-state index contributed by atoms with van der Waals surface area (Å²) in [6, 6.07) is 45.3. The van der Waals surface area contributed by atoms with E-state index in [0.717, 1.165) is 23.7 Å². The van der Waals surface area contributed by atoms with E-state index in [1.54, 1.807) is 21.2 Å². The first kappa shape index (κ1) is 23.2. The van der Waals surface area contributed by atoms with Crippen molar-refractivity contribution >= 4 is 37.1 Å². The van der Waals surface area contributed by atoms with E-state index in [1.165, 1.54) is 31.6 Å². The molecular weight excluding hydrogens is 458 g/mol. The molecule has 0 radical (unpaired) electrons. The van der Waals surface area contributed by atoms with Gasteiger partial charge in [0.15, 0.2) is 0 Å². The van der Waals surface area contributed by atoms with Crippen molar-refractivity contribution in [3.63, 3.8) is 0 Å². The number of hydrogen-bond donors (Lipinski definition) is 0. The standard InChI is InChI=1S/C33H34P2/c1-5-13-30(14-6-1)34(31-15-7-2-8-16-31)24-28-22-27-21-26(28)23-29(27)25-35(32-17-9-3-10-18-32)33-19-11-4-12-20-33/h1-20,26-29H,21-25H2/t26?,27?,28-,29-/m0/s1. The van der Waals surface area contributed by atoms with Gasteiger partial charge in [0.2, 0.25) is 0 Å². The molecule has 2 aliphatic carbocycles. The lowest BCUT2D eigenvalue weighted by molar-refractivity contribution is 0.295. The van der Waals surface area contributed by atoms with Crippen LogP contribution in [0.15, 0.2) is 121 Å². The van der Waals surface area contributed by atoms with Gasteiger partial charge in [0.25, 0.3) is 0 Å². The molecule has 6 rings (SSSR count). The highest BCUT2D eigenvalue weighted by Gasteiger charge is 2.46. The van der Waals surface area contributed by atoms with Gasteiger partial charge in [0.1, 0.15) is 0 Å². The third-order valence-corrected chi connectivity index (χ3v) is 13.6. The summed E-state index contributed by atoms with van der Waals surface area (Å²) in [5.74, 6) is 3.63. The summed E-state index contributed by atoms with van der Waals surface area (Å²) >= 11 is 0. The smallest absolute Gasteiger partial charge is 0.0195 e. The highest BCUT2D eigenvalue weighted by atomic mass is 31.1. The monoisotopic (exact) mass is 492 g/mol. The SMILES string of the molecule is c1ccc(P(C[C@@H]2CC3CC2C[C@H]3CP(c2ccccc2)c2ccccc2)c2ccccc2)cc1. The summed E-state index contributed by atoms with van der Waals surface area (Å²) in [4.78, 5) is 0. The van der Waals surface area contributed by atoms with Crippen molar-refractivity contribution in [1.82, 2.24) is 0 Å².